The molecule has 0 saturated carbocycles. The largest absolute Gasteiger partial charge is 0.307 e. The van der Waals surface area contributed by atoms with Gasteiger partial charge in [-0.3, -0.25) is 14.4 Å². The normalized spacial score (nSPS) is 24.9. The molecule has 24 heavy (non-hydrogen) atoms. The Labute approximate surface area is 154 Å². The van der Waals surface area contributed by atoms with Crippen LogP contribution in [0.15, 0.2) is 38.6 Å². The molecular formula is C16H13BrN2O3S2. The number of thioether (sulfide) groups is 1. The number of carbonyl (C=O) groups is 2. The number of H-pyrrole nitrogens is 1. The summed E-state index contributed by atoms with van der Waals surface area (Å²) >= 11 is 5.79. The number of hydrogen-bond donors (Lipinski definition) is 1. The van der Waals surface area contributed by atoms with Gasteiger partial charge in [0.15, 0.2) is 0 Å². The fourth-order valence-electron chi connectivity index (χ4n) is 3.39. The van der Waals surface area contributed by atoms with Crippen LogP contribution in [0.25, 0.3) is 0 Å². The molecule has 0 aliphatic carbocycles. The van der Waals surface area contributed by atoms with Gasteiger partial charge in [0.2, 0.25) is 11.8 Å². The predicted molar refractivity (Wildman–Crippen MR) is 97.7 cm³/mol. The van der Waals surface area contributed by atoms with Gasteiger partial charge in [0.05, 0.1) is 16.6 Å². The summed E-state index contributed by atoms with van der Waals surface area (Å²) in [6.07, 6.45) is 0. The van der Waals surface area contributed by atoms with E-state index < -0.39 is 16.6 Å². The first-order valence-electron chi connectivity index (χ1n) is 7.34. The molecule has 1 fully saturated rings. The molecule has 8 heteroatoms. The monoisotopic (exact) mass is 424 g/mol. The van der Waals surface area contributed by atoms with Crippen LogP contribution in [-0.4, -0.2) is 22.0 Å². The van der Waals surface area contributed by atoms with Gasteiger partial charge in [-0.2, -0.15) is 0 Å². The summed E-state index contributed by atoms with van der Waals surface area (Å²) in [5, 5.41) is 0.212. The fourth-order valence-corrected chi connectivity index (χ4v) is 6.43. The van der Waals surface area contributed by atoms with Crippen LogP contribution in [0, 0.1) is 5.92 Å². The van der Waals surface area contributed by atoms with E-state index in [1.54, 1.807) is 12.1 Å². The molecule has 0 bridgehead atoms. The summed E-state index contributed by atoms with van der Waals surface area (Å²) in [6.45, 7) is 3.87. The third-order valence-corrected chi connectivity index (χ3v) is 7.71. The minimum atomic E-state index is -0.564. The lowest BCUT2D eigenvalue weighted by atomic mass is 9.76. The number of anilines is 1. The molecule has 2 amide bonds. The van der Waals surface area contributed by atoms with E-state index in [-0.39, 0.29) is 16.7 Å². The van der Waals surface area contributed by atoms with Crippen molar-refractivity contribution in [1.29, 1.82) is 0 Å². The topological polar surface area (TPSA) is 70.2 Å². The number of nitrogens with zero attached hydrogens (tertiary/aromatic N) is 1. The number of benzene rings is 1. The molecule has 0 unspecified atom stereocenters. The molecular weight excluding hydrogens is 412 g/mol. The van der Waals surface area contributed by atoms with Gasteiger partial charge in [-0.1, -0.05) is 52.9 Å². The Bertz CT molecular complexity index is 916. The van der Waals surface area contributed by atoms with Gasteiger partial charge in [-0.15, -0.1) is 0 Å². The lowest BCUT2D eigenvalue weighted by Crippen LogP contribution is -2.41. The van der Waals surface area contributed by atoms with E-state index in [0.717, 1.165) is 25.7 Å². The highest BCUT2D eigenvalue weighted by Crippen LogP contribution is 2.53. The van der Waals surface area contributed by atoms with Gasteiger partial charge in [-0.05, 0) is 24.3 Å². The second kappa shape index (κ2) is 5.31. The van der Waals surface area contributed by atoms with Crippen molar-refractivity contribution < 1.29 is 9.59 Å². The molecule has 0 radical (unpaired) electrons. The summed E-state index contributed by atoms with van der Waals surface area (Å²) < 4.78 is 0.886. The Morgan fingerprint density at radius 3 is 2.46 bits per heavy atom. The molecule has 1 saturated heterocycles. The summed E-state index contributed by atoms with van der Waals surface area (Å²) in [5.41, 5.74) is 0.0159. The highest BCUT2D eigenvalue weighted by molar-refractivity contribution is 9.10. The molecule has 3 heterocycles. The maximum Gasteiger partial charge on any atom is 0.305 e. The van der Waals surface area contributed by atoms with Crippen molar-refractivity contribution >= 4 is 56.5 Å². The number of halogens is 1. The maximum atomic E-state index is 13.1. The number of fused-ring (bicyclic) bond motifs is 2. The van der Waals surface area contributed by atoms with E-state index in [4.69, 9.17) is 0 Å². The van der Waals surface area contributed by atoms with Crippen LogP contribution in [0.2, 0.25) is 0 Å². The highest BCUT2D eigenvalue weighted by atomic mass is 79.9. The molecule has 5 nitrogen and oxygen atoms in total. The van der Waals surface area contributed by atoms with Gasteiger partial charge in [0, 0.05) is 14.8 Å². The molecule has 2 atom stereocenters. The van der Waals surface area contributed by atoms with Crippen LogP contribution >= 0.6 is 39.0 Å². The zero-order chi connectivity index (χ0) is 17.2. The average Bonchev–Trinajstić information content (AvgIpc) is 3.00. The fraction of sp³-hybridized carbons (Fsp3) is 0.312. The van der Waals surface area contributed by atoms with Crippen molar-refractivity contribution in [1.82, 2.24) is 4.98 Å². The molecule has 124 valence electrons. The first kappa shape index (κ1) is 16.1. The van der Waals surface area contributed by atoms with Crippen molar-refractivity contribution in [3.63, 3.8) is 0 Å². The van der Waals surface area contributed by atoms with Gasteiger partial charge in [-0.25, -0.2) is 4.90 Å². The number of thiazole rings is 1. The summed E-state index contributed by atoms with van der Waals surface area (Å²) in [4.78, 5) is 42.5. The predicted octanol–water partition coefficient (Wildman–Crippen LogP) is 3.14. The van der Waals surface area contributed by atoms with Crippen molar-refractivity contribution in [2.45, 2.75) is 29.5 Å². The van der Waals surface area contributed by atoms with E-state index in [1.165, 1.54) is 16.7 Å². The molecule has 0 spiro atoms. The zero-order valence-electron chi connectivity index (χ0n) is 12.8. The maximum absolute atomic E-state index is 13.1. The minimum Gasteiger partial charge on any atom is -0.307 e. The Hall–Kier alpha value is -1.38. The molecule has 2 aromatic rings. The molecule has 1 aromatic heterocycles. The molecule has 4 rings (SSSR count). The van der Waals surface area contributed by atoms with E-state index in [2.05, 4.69) is 20.9 Å². The van der Waals surface area contributed by atoms with Crippen LogP contribution in [0.4, 0.5) is 5.69 Å². The summed E-state index contributed by atoms with van der Waals surface area (Å²) in [5.74, 6) is -0.892. The number of aromatic amines is 1. The van der Waals surface area contributed by atoms with Gasteiger partial charge >= 0.3 is 4.87 Å². The SMILES string of the molecule is CC1(C)c2sc(=O)[nH]c2S[C@@H]2C(=O)N(c3ccc(Br)cc3)C(=O)[C@@H]21. The number of hydrogen-bond acceptors (Lipinski definition) is 5. The van der Waals surface area contributed by atoms with Crippen molar-refractivity contribution in [2.24, 2.45) is 5.92 Å². The third-order valence-electron chi connectivity index (χ3n) is 4.56. The molecule has 1 aromatic carbocycles. The first-order chi connectivity index (χ1) is 11.3. The van der Waals surface area contributed by atoms with E-state index in [0.29, 0.717) is 5.69 Å². The number of nitrogens with one attached hydrogen (secondary N) is 1. The highest BCUT2D eigenvalue weighted by Gasteiger charge is 2.59. The number of amides is 2. The van der Waals surface area contributed by atoms with Gasteiger partial charge < -0.3 is 4.98 Å². The van der Waals surface area contributed by atoms with Crippen LogP contribution in [0.3, 0.4) is 0 Å². The lowest BCUT2D eigenvalue weighted by molar-refractivity contribution is -0.123. The Morgan fingerprint density at radius 1 is 1.12 bits per heavy atom. The van der Waals surface area contributed by atoms with Gasteiger partial charge in [0.1, 0.15) is 5.25 Å². The van der Waals surface area contributed by atoms with Crippen LogP contribution < -0.4 is 9.77 Å². The first-order valence-corrected chi connectivity index (χ1v) is 9.83. The standard InChI is InChI=1S/C16H13BrN2O3S2/c1-16(2)9-10(23-12-11(16)24-15(22)18-12)14(21)19(13(9)20)8-5-3-7(17)4-6-8/h3-6,9-10H,1-2H3,(H,18,22)/t9-,10+/m1/s1. The minimum absolute atomic E-state index is 0.148. The van der Waals surface area contributed by atoms with Crippen molar-refractivity contribution in [2.75, 3.05) is 4.90 Å². The number of imide groups is 1. The van der Waals surface area contributed by atoms with E-state index >= 15 is 0 Å². The Balaban J connectivity index is 1.81. The molecule has 2 aliphatic heterocycles. The summed E-state index contributed by atoms with van der Waals surface area (Å²) in [6, 6.07) is 7.13. The third kappa shape index (κ3) is 2.16. The van der Waals surface area contributed by atoms with Crippen LogP contribution in [0.5, 0.6) is 0 Å². The molecule has 1 N–H and O–H groups in total. The van der Waals surface area contributed by atoms with Crippen LogP contribution in [-0.2, 0) is 15.0 Å². The summed E-state index contributed by atoms with van der Waals surface area (Å²) in [7, 11) is 0. The van der Waals surface area contributed by atoms with E-state index in [9.17, 15) is 14.4 Å². The van der Waals surface area contributed by atoms with Crippen molar-refractivity contribution in [3.05, 3.63) is 43.3 Å². The number of rotatable bonds is 1. The lowest BCUT2D eigenvalue weighted by Gasteiger charge is -2.36. The smallest absolute Gasteiger partial charge is 0.305 e. The quantitative estimate of drug-likeness (QED) is 0.713. The average molecular weight is 425 g/mol. The number of carbonyl (C=O) groups excluding carboxylic acids is 2. The second-order valence-corrected chi connectivity index (χ2v) is 9.45. The Morgan fingerprint density at radius 2 is 1.79 bits per heavy atom. The second-order valence-electron chi connectivity index (χ2n) is 6.40. The van der Waals surface area contributed by atoms with E-state index in [1.807, 2.05) is 26.0 Å². The number of aromatic nitrogens is 1. The van der Waals surface area contributed by atoms with Crippen molar-refractivity contribution in [3.8, 4) is 0 Å². The molecule has 2 aliphatic rings. The van der Waals surface area contributed by atoms with Gasteiger partial charge in [0.25, 0.3) is 0 Å². The zero-order valence-corrected chi connectivity index (χ0v) is 16.0. The Kier molecular flexibility index (Phi) is 3.56. The van der Waals surface area contributed by atoms with Crippen LogP contribution in [0.1, 0.15) is 18.7 Å².